The Bertz CT molecular complexity index is 1990. The number of anilines is 1. The fourth-order valence-electron chi connectivity index (χ4n) is 5.25. The second-order valence-electron chi connectivity index (χ2n) is 11.4. The van der Waals surface area contributed by atoms with Crippen LogP contribution >= 0.6 is 0 Å². The number of ether oxygens (including phenoxy) is 3. The third-order valence-corrected chi connectivity index (χ3v) is 9.37. The standard InChI is InChI=1S/C39H38FN3O7S/c1-48-33-16-8-28(9-17-33)24-25-41-39(45)38(30-6-4-3-5-7-30)43(26-29-10-18-34(49-2)19-11-29)37(44)27-50-35-20-22-36(23-21-35)51(46,47)42-32-14-12-31(40)13-15-32/h3-23,38,42H,24-27H2,1-2H3,(H,41,45)/t38-/m0/s1. The molecule has 2 N–H and O–H groups in total. The van der Waals surface area contributed by atoms with E-state index in [0.717, 1.165) is 29.0 Å². The highest BCUT2D eigenvalue weighted by Crippen LogP contribution is 2.26. The molecule has 0 aliphatic heterocycles. The summed E-state index contributed by atoms with van der Waals surface area (Å²) < 4.78 is 57.7. The summed E-state index contributed by atoms with van der Waals surface area (Å²) in [7, 11) is -0.806. The molecule has 2 amide bonds. The van der Waals surface area contributed by atoms with Gasteiger partial charge in [0.25, 0.3) is 15.9 Å². The van der Waals surface area contributed by atoms with Crippen molar-refractivity contribution in [2.45, 2.75) is 23.9 Å². The predicted octanol–water partition coefficient (Wildman–Crippen LogP) is 6.15. The largest absolute Gasteiger partial charge is 0.497 e. The third-order valence-electron chi connectivity index (χ3n) is 7.97. The number of nitrogens with zero attached hydrogens (tertiary/aromatic N) is 1. The van der Waals surface area contributed by atoms with Crippen LogP contribution in [0.25, 0.3) is 0 Å². The molecule has 0 bridgehead atoms. The van der Waals surface area contributed by atoms with Gasteiger partial charge >= 0.3 is 0 Å². The van der Waals surface area contributed by atoms with Gasteiger partial charge in [0.15, 0.2) is 6.61 Å². The minimum absolute atomic E-state index is 0.0536. The molecule has 0 spiro atoms. The third kappa shape index (κ3) is 10.1. The monoisotopic (exact) mass is 711 g/mol. The van der Waals surface area contributed by atoms with Crippen LogP contribution in [0.15, 0.2) is 132 Å². The lowest BCUT2D eigenvalue weighted by molar-refractivity contribution is -0.143. The van der Waals surface area contributed by atoms with Crippen LogP contribution in [0.5, 0.6) is 17.2 Å². The van der Waals surface area contributed by atoms with Crippen molar-refractivity contribution in [1.82, 2.24) is 10.2 Å². The highest BCUT2D eigenvalue weighted by Gasteiger charge is 2.32. The Balaban J connectivity index is 1.33. The number of halogens is 1. The molecule has 12 heteroatoms. The summed E-state index contributed by atoms with van der Waals surface area (Å²) in [5, 5.41) is 3.01. The zero-order valence-corrected chi connectivity index (χ0v) is 28.9. The molecule has 51 heavy (non-hydrogen) atoms. The molecule has 1 atom stereocenters. The van der Waals surface area contributed by atoms with Crippen molar-refractivity contribution in [3.8, 4) is 17.2 Å². The summed E-state index contributed by atoms with van der Waals surface area (Å²) in [6.45, 7) is -0.0107. The number of hydrogen-bond acceptors (Lipinski definition) is 7. The van der Waals surface area contributed by atoms with Gasteiger partial charge in [0.1, 0.15) is 29.1 Å². The van der Waals surface area contributed by atoms with Crippen molar-refractivity contribution in [2.75, 3.05) is 32.1 Å². The first-order valence-corrected chi connectivity index (χ1v) is 17.5. The molecule has 0 saturated carbocycles. The van der Waals surface area contributed by atoms with Crippen molar-refractivity contribution >= 4 is 27.5 Å². The number of benzene rings is 5. The lowest BCUT2D eigenvalue weighted by Gasteiger charge is -2.31. The fraction of sp³-hybridized carbons (Fsp3) is 0.179. The van der Waals surface area contributed by atoms with E-state index in [-0.39, 0.29) is 28.8 Å². The number of amides is 2. The zero-order valence-electron chi connectivity index (χ0n) is 28.1. The lowest BCUT2D eigenvalue weighted by atomic mass is 10.0. The van der Waals surface area contributed by atoms with Crippen LogP contribution in [0.2, 0.25) is 0 Å². The van der Waals surface area contributed by atoms with Crippen molar-refractivity contribution in [3.63, 3.8) is 0 Å². The molecule has 0 radical (unpaired) electrons. The Morgan fingerprint density at radius 2 is 1.29 bits per heavy atom. The summed E-state index contributed by atoms with van der Waals surface area (Å²) in [5.74, 6) is 0.306. The predicted molar refractivity (Wildman–Crippen MR) is 192 cm³/mol. The van der Waals surface area contributed by atoms with Crippen molar-refractivity contribution < 1.29 is 36.6 Å². The van der Waals surface area contributed by atoms with Gasteiger partial charge in [-0.05, 0) is 95.9 Å². The maximum absolute atomic E-state index is 14.0. The number of hydrogen-bond donors (Lipinski definition) is 2. The maximum Gasteiger partial charge on any atom is 0.261 e. The van der Waals surface area contributed by atoms with Gasteiger partial charge in [-0.1, -0.05) is 54.6 Å². The Morgan fingerprint density at radius 1 is 0.725 bits per heavy atom. The Kier molecular flexibility index (Phi) is 12.3. The molecular weight excluding hydrogens is 674 g/mol. The van der Waals surface area contributed by atoms with Crippen molar-refractivity contribution in [3.05, 3.63) is 150 Å². The average molecular weight is 712 g/mol. The number of carbonyl (C=O) groups is 2. The van der Waals surface area contributed by atoms with E-state index in [0.29, 0.717) is 24.3 Å². The lowest BCUT2D eigenvalue weighted by Crippen LogP contribution is -2.45. The number of rotatable bonds is 16. The van der Waals surface area contributed by atoms with Crippen LogP contribution in [0.4, 0.5) is 10.1 Å². The molecule has 0 heterocycles. The van der Waals surface area contributed by atoms with Gasteiger partial charge in [-0.2, -0.15) is 0 Å². The molecule has 5 aromatic carbocycles. The first kappa shape index (κ1) is 36.4. The molecule has 5 aromatic rings. The molecule has 0 fully saturated rings. The molecule has 0 aromatic heterocycles. The topological polar surface area (TPSA) is 123 Å². The quantitative estimate of drug-likeness (QED) is 0.126. The maximum atomic E-state index is 14.0. The molecule has 0 aliphatic carbocycles. The molecule has 5 rings (SSSR count). The number of nitrogens with one attached hydrogen (secondary N) is 2. The van der Waals surface area contributed by atoms with Gasteiger partial charge in [0, 0.05) is 18.8 Å². The van der Waals surface area contributed by atoms with Gasteiger partial charge in [-0.15, -0.1) is 0 Å². The first-order chi connectivity index (χ1) is 24.6. The van der Waals surface area contributed by atoms with Gasteiger partial charge in [-0.3, -0.25) is 14.3 Å². The van der Waals surface area contributed by atoms with Crippen LogP contribution in [0.1, 0.15) is 22.7 Å². The number of carbonyl (C=O) groups excluding carboxylic acids is 2. The van der Waals surface area contributed by atoms with Gasteiger partial charge in [0.05, 0.1) is 19.1 Å². The van der Waals surface area contributed by atoms with Gasteiger partial charge < -0.3 is 24.4 Å². The SMILES string of the molecule is COc1ccc(CCNC(=O)[C@H](c2ccccc2)N(Cc2ccc(OC)cc2)C(=O)COc2ccc(S(=O)(=O)Nc3ccc(F)cc3)cc2)cc1. The van der Waals surface area contributed by atoms with Crippen molar-refractivity contribution in [1.29, 1.82) is 0 Å². The second-order valence-corrected chi connectivity index (χ2v) is 13.1. The van der Waals surface area contributed by atoms with Crippen molar-refractivity contribution in [2.24, 2.45) is 0 Å². The van der Waals surface area contributed by atoms with Gasteiger partial charge in [-0.25, -0.2) is 12.8 Å². The van der Waals surface area contributed by atoms with E-state index in [1.165, 1.54) is 41.3 Å². The Hall–Kier alpha value is -5.88. The molecular formula is C39H38FN3O7S. The smallest absolute Gasteiger partial charge is 0.261 e. The Labute approximate surface area is 296 Å². The highest BCUT2D eigenvalue weighted by molar-refractivity contribution is 7.92. The van der Waals surface area contributed by atoms with E-state index < -0.39 is 34.4 Å². The minimum Gasteiger partial charge on any atom is -0.497 e. The van der Waals surface area contributed by atoms with E-state index >= 15 is 0 Å². The molecule has 0 aliphatic rings. The second kappa shape index (κ2) is 17.2. The van der Waals surface area contributed by atoms with Gasteiger partial charge in [0.2, 0.25) is 5.91 Å². The van der Waals surface area contributed by atoms with Crippen LogP contribution in [-0.4, -0.2) is 52.5 Å². The van der Waals surface area contributed by atoms with E-state index in [1.54, 1.807) is 50.6 Å². The average Bonchev–Trinajstić information content (AvgIpc) is 3.15. The summed E-state index contributed by atoms with van der Waals surface area (Å²) in [6, 6.07) is 33.3. The molecule has 264 valence electrons. The molecule has 0 unspecified atom stereocenters. The summed E-state index contributed by atoms with van der Waals surface area (Å²) >= 11 is 0. The van der Waals surface area contributed by atoms with E-state index in [4.69, 9.17) is 14.2 Å². The van der Waals surface area contributed by atoms with E-state index in [9.17, 15) is 22.4 Å². The Morgan fingerprint density at radius 3 is 1.88 bits per heavy atom. The fourth-order valence-corrected chi connectivity index (χ4v) is 6.31. The number of methoxy groups -OCH3 is 2. The van der Waals surface area contributed by atoms with Crippen LogP contribution < -0.4 is 24.2 Å². The minimum atomic E-state index is -3.97. The molecule has 10 nitrogen and oxygen atoms in total. The molecule has 0 saturated heterocycles. The summed E-state index contributed by atoms with van der Waals surface area (Å²) in [4.78, 5) is 29.4. The summed E-state index contributed by atoms with van der Waals surface area (Å²) in [6.07, 6.45) is 0.567. The zero-order chi connectivity index (χ0) is 36.2. The van der Waals surface area contributed by atoms with E-state index in [2.05, 4.69) is 10.0 Å². The highest BCUT2D eigenvalue weighted by atomic mass is 32.2. The first-order valence-electron chi connectivity index (χ1n) is 16.0. The normalized spacial score (nSPS) is 11.6. The van der Waals surface area contributed by atoms with Crippen LogP contribution in [0.3, 0.4) is 0 Å². The van der Waals surface area contributed by atoms with Crippen LogP contribution in [-0.2, 0) is 32.6 Å². The van der Waals surface area contributed by atoms with Crippen LogP contribution in [0, 0.1) is 5.82 Å². The summed E-state index contributed by atoms with van der Waals surface area (Å²) in [5.41, 5.74) is 2.60. The van der Waals surface area contributed by atoms with E-state index in [1.807, 2.05) is 42.5 Å². The number of sulfonamides is 1.